The highest BCUT2D eigenvalue weighted by Crippen LogP contribution is 2.33. The third kappa shape index (κ3) is 3.04. The van der Waals surface area contributed by atoms with Crippen LogP contribution in [0.5, 0.6) is 0 Å². The van der Waals surface area contributed by atoms with Crippen LogP contribution in [-0.4, -0.2) is 13.1 Å². The average Bonchev–Trinajstić information content (AvgIpc) is 2.50. The number of anilines is 1. The van der Waals surface area contributed by atoms with Crippen LogP contribution in [0.4, 0.5) is 14.5 Å². The fraction of sp³-hybridized carbons (Fsp3) is 0.533. The van der Waals surface area contributed by atoms with Gasteiger partial charge in [-0.3, -0.25) is 0 Å². The highest BCUT2D eigenvalue weighted by atomic mass is 19.1. The molecular formula is C15H18F2N2. The van der Waals surface area contributed by atoms with Crippen molar-refractivity contribution in [1.82, 2.24) is 0 Å². The van der Waals surface area contributed by atoms with E-state index in [9.17, 15) is 8.78 Å². The van der Waals surface area contributed by atoms with Gasteiger partial charge >= 0.3 is 0 Å². The van der Waals surface area contributed by atoms with Gasteiger partial charge in [0.25, 0.3) is 0 Å². The molecule has 2 nitrogen and oxygen atoms in total. The number of hydrogen-bond acceptors (Lipinski definition) is 2. The summed E-state index contributed by atoms with van der Waals surface area (Å²) in [5, 5.41) is 8.70. The van der Waals surface area contributed by atoms with Crippen LogP contribution in [0.2, 0.25) is 0 Å². The van der Waals surface area contributed by atoms with Crippen LogP contribution in [0.3, 0.4) is 0 Å². The summed E-state index contributed by atoms with van der Waals surface area (Å²) in [4.78, 5) is 1.76. The Morgan fingerprint density at radius 3 is 2.37 bits per heavy atom. The van der Waals surface area contributed by atoms with E-state index in [1.54, 1.807) is 11.0 Å². The third-order valence-electron chi connectivity index (χ3n) is 3.80. The van der Waals surface area contributed by atoms with Crippen molar-refractivity contribution >= 4 is 5.69 Å². The molecule has 1 saturated heterocycles. The van der Waals surface area contributed by atoms with Gasteiger partial charge < -0.3 is 4.90 Å². The summed E-state index contributed by atoms with van der Waals surface area (Å²) >= 11 is 0. The number of hydrogen-bond donors (Lipinski definition) is 0. The molecule has 0 atom stereocenters. The summed E-state index contributed by atoms with van der Waals surface area (Å²) in [5.41, 5.74) is 0.250. The van der Waals surface area contributed by atoms with Gasteiger partial charge in [0, 0.05) is 13.1 Å². The summed E-state index contributed by atoms with van der Waals surface area (Å²) in [7, 11) is 0. The second-order valence-electron chi connectivity index (χ2n) is 5.91. The fourth-order valence-electron chi connectivity index (χ4n) is 2.58. The minimum Gasteiger partial charge on any atom is -0.367 e. The topological polar surface area (TPSA) is 27.0 Å². The molecule has 0 unspecified atom stereocenters. The van der Waals surface area contributed by atoms with Crippen LogP contribution >= 0.6 is 0 Å². The monoisotopic (exact) mass is 264 g/mol. The van der Waals surface area contributed by atoms with E-state index in [1.165, 1.54) is 0 Å². The Morgan fingerprint density at radius 2 is 1.79 bits per heavy atom. The van der Waals surface area contributed by atoms with Gasteiger partial charge in [-0.05, 0) is 36.8 Å². The summed E-state index contributed by atoms with van der Waals surface area (Å²) in [5.74, 6) is -1.28. The second kappa shape index (κ2) is 5.16. The molecule has 1 aromatic rings. The summed E-state index contributed by atoms with van der Waals surface area (Å²) in [6.07, 6.45) is 2.89. The lowest BCUT2D eigenvalue weighted by Crippen LogP contribution is -2.27. The molecule has 0 saturated carbocycles. The first kappa shape index (κ1) is 13.8. The SMILES string of the molecule is CC1(C)CCCN(c2c(F)cc(C#N)cc2F)CC1. The third-order valence-corrected chi connectivity index (χ3v) is 3.80. The minimum atomic E-state index is -0.642. The van der Waals surface area contributed by atoms with Gasteiger partial charge in [0.15, 0.2) is 11.6 Å². The van der Waals surface area contributed by atoms with Crippen molar-refractivity contribution in [2.75, 3.05) is 18.0 Å². The fourth-order valence-corrected chi connectivity index (χ4v) is 2.58. The molecule has 1 fully saturated rings. The number of nitriles is 1. The molecule has 1 heterocycles. The number of nitrogens with zero attached hydrogens (tertiary/aromatic N) is 2. The first-order chi connectivity index (χ1) is 8.93. The maximum absolute atomic E-state index is 14.0. The Morgan fingerprint density at radius 1 is 1.16 bits per heavy atom. The molecule has 0 aliphatic carbocycles. The Labute approximate surface area is 112 Å². The second-order valence-corrected chi connectivity index (χ2v) is 5.91. The molecule has 19 heavy (non-hydrogen) atoms. The zero-order valence-electron chi connectivity index (χ0n) is 11.3. The van der Waals surface area contributed by atoms with Crippen molar-refractivity contribution < 1.29 is 8.78 Å². The van der Waals surface area contributed by atoms with Gasteiger partial charge in [-0.2, -0.15) is 5.26 Å². The quantitative estimate of drug-likeness (QED) is 0.770. The van der Waals surface area contributed by atoms with Gasteiger partial charge in [0.1, 0.15) is 5.69 Å². The molecule has 1 aliphatic heterocycles. The first-order valence-electron chi connectivity index (χ1n) is 6.57. The molecule has 0 bridgehead atoms. The van der Waals surface area contributed by atoms with Gasteiger partial charge in [0.05, 0.1) is 11.6 Å². The van der Waals surface area contributed by atoms with Gasteiger partial charge in [-0.25, -0.2) is 8.78 Å². The summed E-state index contributed by atoms with van der Waals surface area (Å²) < 4.78 is 27.9. The van der Waals surface area contributed by atoms with Gasteiger partial charge in [0.2, 0.25) is 0 Å². The largest absolute Gasteiger partial charge is 0.367 e. The first-order valence-corrected chi connectivity index (χ1v) is 6.57. The minimum absolute atomic E-state index is 0.0108. The molecule has 1 aliphatic rings. The van der Waals surface area contributed by atoms with Crippen molar-refractivity contribution in [3.8, 4) is 6.07 Å². The molecule has 102 valence electrons. The average molecular weight is 264 g/mol. The standard InChI is InChI=1S/C15H18F2N2/c1-15(2)4-3-6-19(7-5-15)14-12(16)8-11(10-18)9-13(14)17/h8-9H,3-7H2,1-2H3. The van der Waals surface area contributed by atoms with Crippen LogP contribution in [0, 0.1) is 28.4 Å². The van der Waals surface area contributed by atoms with Crippen molar-refractivity contribution in [3.05, 3.63) is 29.3 Å². The Hall–Kier alpha value is -1.63. The van der Waals surface area contributed by atoms with E-state index in [0.29, 0.717) is 13.1 Å². The summed E-state index contributed by atoms with van der Waals surface area (Å²) in [6, 6.07) is 3.98. The van der Waals surface area contributed by atoms with Crippen LogP contribution in [-0.2, 0) is 0 Å². The highest BCUT2D eigenvalue weighted by molar-refractivity contribution is 5.52. The van der Waals surface area contributed by atoms with Crippen molar-refractivity contribution in [2.45, 2.75) is 33.1 Å². The molecular weight excluding hydrogens is 246 g/mol. The highest BCUT2D eigenvalue weighted by Gasteiger charge is 2.26. The van der Waals surface area contributed by atoms with Gasteiger partial charge in [-0.15, -0.1) is 0 Å². The van der Waals surface area contributed by atoms with E-state index in [2.05, 4.69) is 13.8 Å². The Kier molecular flexibility index (Phi) is 3.75. The molecule has 0 radical (unpaired) electrons. The molecule has 2 rings (SSSR count). The molecule has 1 aromatic carbocycles. The van der Waals surface area contributed by atoms with E-state index in [1.807, 2.05) is 0 Å². The lowest BCUT2D eigenvalue weighted by molar-refractivity contribution is 0.325. The molecule has 0 amide bonds. The Bertz CT molecular complexity index is 494. The van der Waals surface area contributed by atoms with Crippen molar-refractivity contribution in [2.24, 2.45) is 5.41 Å². The predicted octanol–water partition coefficient (Wildman–Crippen LogP) is 3.85. The number of halogens is 2. The van der Waals surface area contributed by atoms with Crippen LogP contribution in [0.25, 0.3) is 0 Å². The molecule has 0 aromatic heterocycles. The van der Waals surface area contributed by atoms with Crippen LogP contribution < -0.4 is 4.90 Å². The van der Waals surface area contributed by atoms with E-state index >= 15 is 0 Å². The van der Waals surface area contributed by atoms with E-state index < -0.39 is 11.6 Å². The van der Waals surface area contributed by atoms with Crippen LogP contribution in [0.1, 0.15) is 38.7 Å². The maximum atomic E-state index is 14.0. The smallest absolute Gasteiger partial charge is 0.150 e. The van der Waals surface area contributed by atoms with Crippen molar-refractivity contribution in [1.29, 1.82) is 5.26 Å². The predicted molar refractivity (Wildman–Crippen MR) is 70.9 cm³/mol. The van der Waals surface area contributed by atoms with Crippen LogP contribution in [0.15, 0.2) is 12.1 Å². The lowest BCUT2D eigenvalue weighted by atomic mass is 9.85. The molecule has 0 N–H and O–H groups in total. The maximum Gasteiger partial charge on any atom is 0.150 e. The molecule has 0 spiro atoms. The number of benzene rings is 1. The Balaban J connectivity index is 2.30. The van der Waals surface area contributed by atoms with Gasteiger partial charge in [-0.1, -0.05) is 13.8 Å². The zero-order valence-corrected chi connectivity index (χ0v) is 11.3. The normalized spacial score (nSPS) is 18.8. The van der Waals surface area contributed by atoms with Crippen molar-refractivity contribution in [3.63, 3.8) is 0 Å². The summed E-state index contributed by atoms with van der Waals surface area (Å²) in [6.45, 7) is 5.67. The zero-order chi connectivity index (χ0) is 14.0. The van der Waals surface area contributed by atoms with E-state index in [0.717, 1.165) is 31.4 Å². The van der Waals surface area contributed by atoms with E-state index in [-0.39, 0.29) is 16.7 Å². The molecule has 4 heteroatoms. The van der Waals surface area contributed by atoms with E-state index in [4.69, 9.17) is 5.26 Å². The number of rotatable bonds is 1. The lowest BCUT2D eigenvalue weighted by Gasteiger charge is -2.25.